The highest BCUT2D eigenvalue weighted by molar-refractivity contribution is 5.90. The molecule has 0 amide bonds. The maximum Gasteiger partial charge on any atom is 0.145 e. The van der Waals surface area contributed by atoms with Crippen LogP contribution in [0.1, 0.15) is 45.1 Å². The van der Waals surface area contributed by atoms with Crippen LogP contribution in [-0.4, -0.2) is 29.4 Å². The number of fused-ring (bicyclic) bond motifs is 1. The second-order valence-corrected chi connectivity index (χ2v) is 7.47. The molecule has 1 fully saturated rings. The molecule has 2 atom stereocenters. The molecule has 2 unspecified atom stereocenters. The summed E-state index contributed by atoms with van der Waals surface area (Å²) < 4.78 is 3.73. The van der Waals surface area contributed by atoms with Crippen molar-refractivity contribution >= 4 is 11.0 Å². The predicted molar refractivity (Wildman–Crippen MR) is 101 cm³/mol. The molecule has 0 saturated heterocycles. The molecule has 140 valence electrons. The SMILES string of the molecule is CC(CC#N)C(C1CCCC1)n1cc(-c2ncnc3c2ccn3CO)cn1. The maximum atomic E-state index is 9.46. The second-order valence-electron chi connectivity index (χ2n) is 7.47. The lowest BCUT2D eigenvalue weighted by molar-refractivity contribution is 0.215. The Balaban J connectivity index is 1.72. The fraction of sp³-hybridized carbons (Fsp3) is 0.500. The molecule has 0 bridgehead atoms. The first-order chi connectivity index (χ1) is 13.2. The Morgan fingerprint density at radius 3 is 2.89 bits per heavy atom. The molecule has 27 heavy (non-hydrogen) atoms. The summed E-state index contributed by atoms with van der Waals surface area (Å²) in [4.78, 5) is 8.75. The Labute approximate surface area is 158 Å². The number of aromatic nitrogens is 5. The Hall–Kier alpha value is -2.72. The van der Waals surface area contributed by atoms with E-state index in [1.807, 2.05) is 23.1 Å². The van der Waals surface area contributed by atoms with Crippen molar-refractivity contribution < 1.29 is 5.11 Å². The van der Waals surface area contributed by atoms with Gasteiger partial charge in [-0.2, -0.15) is 10.4 Å². The minimum absolute atomic E-state index is 0.116. The number of hydrogen-bond acceptors (Lipinski definition) is 5. The number of rotatable bonds is 6. The lowest BCUT2D eigenvalue weighted by atomic mass is 9.86. The van der Waals surface area contributed by atoms with E-state index in [0.29, 0.717) is 18.0 Å². The quantitative estimate of drug-likeness (QED) is 0.722. The van der Waals surface area contributed by atoms with Crippen molar-refractivity contribution in [2.45, 2.75) is 51.8 Å². The minimum Gasteiger partial charge on any atom is -0.376 e. The van der Waals surface area contributed by atoms with Gasteiger partial charge in [0.05, 0.1) is 24.0 Å². The molecule has 1 aliphatic rings. The smallest absolute Gasteiger partial charge is 0.145 e. The van der Waals surface area contributed by atoms with Gasteiger partial charge in [0.1, 0.15) is 18.7 Å². The molecular weight excluding hydrogens is 340 g/mol. The van der Waals surface area contributed by atoms with Crippen LogP contribution < -0.4 is 0 Å². The summed E-state index contributed by atoms with van der Waals surface area (Å²) in [6.45, 7) is 2.03. The van der Waals surface area contributed by atoms with Gasteiger partial charge in [-0.1, -0.05) is 19.8 Å². The summed E-state index contributed by atoms with van der Waals surface area (Å²) in [5.41, 5.74) is 2.46. The van der Waals surface area contributed by atoms with E-state index >= 15 is 0 Å². The Morgan fingerprint density at radius 1 is 1.33 bits per heavy atom. The van der Waals surface area contributed by atoms with E-state index in [0.717, 1.165) is 16.6 Å². The Kier molecular flexibility index (Phi) is 4.90. The monoisotopic (exact) mass is 364 g/mol. The molecule has 4 rings (SSSR count). The number of nitrogens with zero attached hydrogens (tertiary/aromatic N) is 6. The molecule has 3 aromatic rings. The number of aliphatic hydroxyl groups is 1. The second kappa shape index (κ2) is 7.49. The normalized spacial score (nSPS) is 17.2. The van der Waals surface area contributed by atoms with Crippen molar-refractivity contribution in [3.8, 4) is 17.3 Å². The minimum atomic E-state index is -0.116. The highest BCUT2D eigenvalue weighted by atomic mass is 16.3. The predicted octanol–water partition coefficient (Wildman–Crippen LogP) is 3.53. The molecule has 7 nitrogen and oxygen atoms in total. The molecule has 0 radical (unpaired) electrons. The van der Waals surface area contributed by atoms with Gasteiger partial charge in [0.25, 0.3) is 0 Å². The van der Waals surface area contributed by atoms with Crippen LogP contribution in [0.4, 0.5) is 0 Å². The summed E-state index contributed by atoms with van der Waals surface area (Å²) in [5, 5.41) is 24.2. The highest BCUT2D eigenvalue weighted by Crippen LogP contribution is 2.40. The average Bonchev–Trinajstić information content (AvgIpc) is 3.43. The van der Waals surface area contributed by atoms with E-state index in [1.165, 1.54) is 32.0 Å². The van der Waals surface area contributed by atoms with Crippen molar-refractivity contribution in [1.29, 1.82) is 5.26 Å². The van der Waals surface area contributed by atoms with E-state index < -0.39 is 0 Å². The molecular formula is C20H24N6O. The van der Waals surface area contributed by atoms with Gasteiger partial charge in [-0.25, -0.2) is 9.97 Å². The Bertz CT molecular complexity index is 962. The molecule has 0 spiro atoms. The van der Waals surface area contributed by atoms with Gasteiger partial charge >= 0.3 is 0 Å². The lowest BCUT2D eigenvalue weighted by Crippen LogP contribution is -2.24. The summed E-state index contributed by atoms with van der Waals surface area (Å²) in [6, 6.07) is 4.48. The van der Waals surface area contributed by atoms with Crippen LogP contribution in [0.15, 0.2) is 31.0 Å². The molecule has 3 heterocycles. The van der Waals surface area contributed by atoms with Crippen LogP contribution in [0.25, 0.3) is 22.3 Å². The molecule has 3 aromatic heterocycles. The first-order valence-electron chi connectivity index (χ1n) is 9.55. The fourth-order valence-electron chi connectivity index (χ4n) is 4.48. The standard InChI is InChI=1S/C20H24N6O/c1-14(6-8-21)19(15-4-2-3-5-15)26-11-16(10-24-26)18-17-7-9-25(13-27)20(17)23-12-22-18/h7,9-12,14-15,19,27H,2-6,13H2,1H3. The van der Waals surface area contributed by atoms with Crippen LogP contribution in [0.3, 0.4) is 0 Å². The molecule has 7 heteroatoms. The van der Waals surface area contributed by atoms with Crippen LogP contribution in [0.5, 0.6) is 0 Å². The third-order valence-electron chi connectivity index (χ3n) is 5.77. The van der Waals surface area contributed by atoms with Crippen molar-refractivity contribution in [2.24, 2.45) is 11.8 Å². The van der Waals surface area contributed by atoms with Crippen LogP contribution in [-0.2, 0) is 6.73 Å². The fourth-order valence-corrected chi connectivity index (χ4v) is 4.48. The molecule has 0 aromatic carbocycles. The van der Waals surface area contributed by atoms with Gasteiger partial charge in [0.15, 0.2) is 0 Å². The summed E-state index contributed by atoms with van der Waals surface area (Å²) in [6.07, 6.45) is 12.7. The topological polar surface area (TPSA) is 92.5 Å². The van der Waals surface area contributed by atoms with Gasteiger partial charge in [0.2, 0.25) is 0 Å². The summed E-state index contributed by atoms with van der Waals surface area (Å²) >= 11 is 0. The van der Waals surface area contributed by atoms with E-state index in [4.69, 9.17) is 0 Å². The van der Waals surface area contributed by atoms with Gasteiger partial charge in [0, 0.05) is 29.8 Å². The van der Waals surface area contributed by atoms with Gasteiger partial charge < -0.3 is 9.67 Å². The first-order valence-corrected chi connectivity index (χ1v) is 9.55. The van der Waals surface area contributed by atoms with Crippen LogP contribution in [0.2, 0.25) is 0 Å². The third-order valence-corrected chi connectivity index (χ3v) is 5.77. The van der Waals surface area contributed by atoms with E-state index in [9.17, 15) is 10.4 Å². The molecule has 0 aliphatic heterocycles. The first kappa shape index (κ1) is 17.7. The number of aliphatic hydroxyl groups excluding tert-OH is 1. The van der Waals surface area contributed by atoms with E-state index in [2.05, 4.69) is 34.3 Å². The van der Waals surface area contributed by atoms with Crippen molar-refractivity contribution in [3.05, 3.63) is 31.0 Å². The zero-order valence-electron chi connectivity index (χ0n) is 15.5. The largest absolute Gasteiger partial charge is 0.376 e. The molecule has 1 N–H and O–H groups in total. The van der Waals surface area contributed by atoms with Crippen molar-refractivity contribution in [3.63, 3.8) is 0 Å². The van der Waals surface area contributed by atoms with Crippen LogP contribution >= 0.6 is 0 Å². The highest BCUT2D eigenvalue weighted by Gasteiger charge is 2.31. The maximum absolute atomic E-state index is 9.46. The van der Waals surface area contributed by atoms with Crippen LogP contribution in [0, 0.1) is 23.2 Å². The van der Waals surface area contributed by atoms with E-state index in [-0.39, 0.29) is 18.7 Å². The van der Waals surface area contributed by atoms with Crippen molar-refractivity contribution in [2.75, 3.05) is 0 Å². The molecule has 1 saturated carbocycles. The molecule has 1 aliphatic carbocycles. The van der Waals surface area contributed by atoms with Crippen molar-refractivity contribution in [1.82, 2.24) is 24.3 Å². The van der Waals surface area contributed by atoms with Gasteiger partial charge in [-0.05, 0) is 30.7 Å². The summed E-state index contributed by atoms with van der Waals surface area (Å²) in [5.74, 6) is 0.828. The van der Waals surface area contributed by atoms with Gasteiger partial charge in [-0.3, -0.25) is 4.68 Å². The van der Waals surface area contributed by atoms with Gasteiger partial charge in [-0.15, -0.1) is 0 Å². The lowest BCUT2D eigenvalue weighted by Gasteiger charge is -2.28. The summed E-state index contributed by atoms with van der Waals surface area (Å²) in [7, 11) is 0. The Morgan fingerprint density at radius 2 is 2.15 bits per heavy atom. The zero-order chi connectivity index (χ0) is 18.8. The van der Waals surface area contributed by atoms with E-state index in [1.54, 1.807) is 4.57 Å². The number of hydrogen-bond donors (Lipinski definition) is 1. The zero-order valence-corrected chi connectivity index (χ0v) is 15.5. The average molecular weight is 364 g/mol. The number of nitriles is 1. The third kappa shape index (κ3) is 3.21.